The van der Waals surface area contributed by atoms with Crippen LogP contribution in [0.25, 0.3) is 0 Å². The Morgan fingerprint density at radius 2 is 1.92 bits per heavy atom. The van der Waals surface area contributed by atoms with Gasteiger partial charge in [0, 0.05) is 30.5 Å². The lowest BCUT2D eigenvalue weighted by Gasteiger charge is -2.10. The molecule has 3 atom stereocenters. The number of benzene rings is 2. The Kier molecular flexibility index (Phi) is 3.57. The summed E-state index contributed by atoms with van der Waals surface area (Å²) in [6.07, 6.45) is 0. The number of hydrogen-bond donors (Lipinski definition) is 2. The van der Waals surface area contributed by atoms with Gasteiger partial charge in [0.25, 0.3) is 0 Å². The number of aliphatic carboxylic acids is 1. The lowest BCUT2D eigenvalue weighted by atomic mass is 9.99. The van der Waals surface area contributed by atoms with E-state index in [2.05, 4.69) is 11.4 Å². The van der Waals surface area contributed by atoms with Crippen LogP contribution in [-0.2, 0) is 11.3 Å². The fourth-order valence-corrected chi connectivity index (χ4v) is 4.04. The Hall–Kier alpha value is -2.33. The van der Waals surface area contributed by atoms with Crippen LogP contribution in [0.3, 0.4) is 0 Å². The molecule has 0 spiro atoms. The van der Waals surface area contributed by atoms with Crippen molar-refractivity contribution >= 4 is 5.97 Å². The first kappa shape index (κ1) is 15.2. The van der Waals surface area contributed by atoms with Crippen molar-refractivity contribution in [2.75, 3.05) is 13.2 Å². The van der Waals surface area contributed by atoms with Crippen LogP contribution in [0.4, 0.5) is 0 Å². The van der Waals surface area contributed by atoms with Crippen molar-refractivity contribution in [1.29, 1.82) is 0 Å². The molecule has 24 heavy (non-hydrogen) atoms. The van der Waals surface area contributed by atoms with Gasteiger partial charge in [0.1, 0.15) is 12.4 Å². The van der Waals surface area contributed by atoms with Gasteiger partial charge in [-0.05, 0) is 24.1 Å². The van der Waals surface area contributed by atoms with Crippen molar-refractivity contribution in [2.24, 2.45) is 5.41 Å². The third-order valence-electron chi connectivity index (χ3n) is 5.43. The number of carboxylic acid groups (broad SMARTS) is 1. The normalized spacial score (nSPS) is 28.4. The summed E-state index contributed by atoms with van der Waals surface area (Å²) in [6, 6.07) is 16.1. The maximum atomic E-state index is 12.0. The van der Waals surface area contributed by atoms with Crippen molar-refractivity contribution < 1.29 is 14.6 Å². The second-order valence-corrected chi connectivity index (χ2v) is 6.85. The Balaban J connectivity index is 1.72. The molecule has 4 nitrogen and oxygen atoms in total. The summed E-state index contributed by atoms with van der Waals surface area (Å²) in [6.45, 7) is 4.11. The van der Waals surface area contributed by atoms with E-state index in [0.29, 0.717) is 6.61 Å². The van der Waals surface area contributed by atoms with Crippen molar-refractivity contribution in [2.45, 2.75) is 25.3 Å². The molecule has 4 rings (SSSR count). The molecule has 4 heteroatoms. The molecular weight excluding hydrogens is 302 g/mol. The van der Waals surface area contributed by atoms with Crippen molar-refractivity contribution in [1.82, 2.24) is 5.32 Å². The maximum Gasteiger partial charge on any atom is 0.310 e. The molecule has 1 aliphatic carbocycles. The molecular formula is C20H21NO3. The smallest absolute Gasteiger partial charge is 0.310 e. The van der Waals surface area contributed by atoms with Crippen molar-refractivity contribution in [3.8, 4) is 5.75 Å². The van der Waals surface area contributed by atoms with E-state index in [-0.39, 0.29) is 11.8 Å². The number of nitrogens with one attached hydrogen (secondary N) is 1. The Labute approximate surface area is 141 Å². The minimum atomic E-state index is -0.755. The van der Waals surface area contributed by atoms with E-state index in [1.807, 2.05) is 49.4 Å². The van der Waals surface area contributed by atoms with Gasteiger partial charge in [-0.2, -0.15) is 0 Å². The third-order valence-corrected chi connectivity index (χ3v) is 5.43. The lowest BCUT2D eigenvalue weighted by Crippen LogP contribution is -2.16. The summed E-state index contributed by atoms with van der Waals surface area (Å²) in [5.41, 5.74) is 2.53. The standard InChI is InChI=1S/C20H21NO3/c1-20(19(22)23)17(13-5-3-2-4-6-13)18(20)14-7-8-16-15(11-14)12-21-9-10-24-16/h2-8,11,17-18,21H,9-10,12H2,1H3,(H,22,23). The predicted octanol–water partition coefficient (Wildman–Crippen LogP) is 3.14. The number of ether oxygens (including phenoxy) is 1. The third kappa shape index (κ3) is 2.29. The van der Waals surface area contributed by atoms with E-state index in [1.54, 1.807) is 0 Å². The minimum Gasteiger partial charge on any atom is -0.492 e. The van der Waals surface area contributed by atoms with Gasteiger partial charge in [-0.3, -0.25) is 4.79 Å². The van der Waals surface area contributed by atoms with Gasteiger partial charge in [-0.25, -0.2) is 0 Å². The van der Waals surface area contributed by atoms with Gasteiger partial charge in [0.2, 0.25) is 0 Å². The Morgan fingerprint density at radius 3 is 2.67 bits per heavy atom. The van der Waals surface area contributed by atoms with Crippen molar-refractivity contribution in [3.63, 3.8) is 0 Å². The number of rotatable bonds is 3. The van der Waals surface area contributed by atoms with E-state index in [1.165, 1.54) is 0 Å². The monoisotopic (exact) mass is 323 g/mol. The molecule has 0 bridgehead atoms. The fourth-order valence-electron chi connectivity index (χ4n) is 4.04. The van der Waals surface area contributed by atoms with Crippen LogP contribution < -0.4 is 10.1 Å². The van der Waals surface area contributed by atoms with Crippen LogP contribution in [0, 0.1) is 5.41 Å². The predicted molar refractivity (Wildman–Crippen MR) is 91.3 cm³/mol. The first-order chi connectivity index (χ1) is 11.6. The second kappa shape index (κ2) is 5.64. The lowest BCUT2D eigenvalue weighted by molar-refractivity contribution is -0.143. The van der Waals surface area contributed by atoms with Gasteiger partial charge in [0.05, 0.1) is 5.41 Å². The highest BCUT2D eigenvalue weighted by Gasteiger charge is 2.67. The van der Waals surface area contributed by atoms with Crippen LogP contribution in [0.15, 0.2) is 48.5 Å². The zero-order valence-electron chi connectivity index (χ0n) is 13.7. The second-order valence-electron chi connectivity index (χ2n) is 6.85. The molecule has 1 saturated carbocycles. The zero-order valence-corrected chi connectivity index (χ0v) is 13.7. The average Bonchev–Trinajstić information content (AvgIpc) is 3.29. The van der Waals surface area contributed by atoms with Gasteiger partial charge < -0.3 is 15.2 Å². The molecule has 0 saturated heterocycles. The fraction of sp³-hybridized carbons (Fsp3) is 0.350. The number of carbonyl (C=O) groups is 1. The molecule has 0 aromatic heterocycles. The van der Waals surface area contributed by atoms with E-state index < -0.39 is 11.4 Å². The molecule has 1 fully saturated rings. The molecule has 2 N–H and O–H groups in total. The number of hydrogen-bond acceptors (Lipinski definition) is 3. The maximum absolute atomic E-state index is 12.0. The highest BCUT2D eigenvalue weighted by molar-refractivity contribution is 5.83. The minimum absolute atomic E-state index is 0.00825. The summed E-state index contributed by atoms with van der Waals surface area (Å²) >= 11 is 0. The van der Waals surface area contributed by atoms with Crippen LogP contribution in [0.5, 0.6) is 5.75 Å². The van der Waals surface area contributed by atoms with Gasteiger partial charge in [-0.15, -0.1) is 0 Å². The summed E-state index contributed by atoms with van der Waals surface area (Å²) < 4.78 is 5.74. The highest BCUT2D eigenvalue weighted by atomic mass is 16.5. The van der Waals surface area contributed by atoms with Gasteiger partial charge in [0.15, 0.2) is 0 Å². The van der Waals surface area contributed by atoms with Crippen LogP contribution in [0.1, 0.15) is 35.4 Å². The van der Waals surface area contributed by atoms with Gasteiger partial charge in [-0.1, -0.05) is 42.5 Å². The topological polar surface area (TPSA) is 58.6 Å². The van der Waals surface area contributed by atoms with Crippen LogP contribution in [0.2, 0.25) is 0 Å². The van der Waals surface area contributed by atoms with E-state index >= 15 is 0 Å². The highest BCUT2D eigenvalue weighted by Crippen LogP contribution is 2.70. The largest absolute Gasteiger partial charge is 0.492 e. The van der Waals surface area contributed by atoms with Crippen molar-refractivity contribution in [3.05, 3.63) is 65.2 Å². The summed E-state index contributed by atoms with van der Waals surface area (Å²) in [5.74, 6) is 0.170. The Morgan fingerprint density at radius 1 is 1.17 bits per heavy atom. The number of fused-ring (bicyclic) bond motifs is 1. The zero-order chi connectivity index (χ0) is 16.7. The molecule has 2 aromatic carbocycles. The SMILES string of the molecule is CC1(C(=O)O)C(c2ccccc2)C1c1ccc2c(c1)CNCCO2. The molecule has 2 aliphatic rings. The Bertz CT molecular complexity index is 774. The summed E-state index contributed by atoms with van der Waals surface area (Å²) in [5, 5.41) is 13.2. The summed E-state index contributed by atoms with van der Waals surface area (Å²) in [4.78, 5) is 12.0. The van der Waals surface area contributed by atoms with E-state index in [0.717, 1.165) is 35.5 Å². The van der Waals surface area contributed by atoms with E-state index in [4.69, 9.17) is 4.74 Å². The van der Waals surface area contributed by atoms with E-state index in [9.17, 15) is 9.90 Å². The molecule has 3 unspecified atom stereocenters. The molecule has 1 heterocycles. The quantitative estimate of drug-likeness (QED) is 0.911. The van der Waals surface area contributed by atoms with Crippen LogP contribution in [-0.4, -0.2) is 24.2 Å². The number of carboxylic acids is 1. The molecule has 0 radical (unpaired) electrons. The molecule has 1 aliphatic heterocycles. The summed E-state index contributed by atoms with van der Waals surface area (Å²) in [7, 11) is 0. The molecule has 0 amide bonds. The van der Waals surface area contributed by atoms with Crippen LogP contribution >= 0.6 is 0 Å². The first-order valence-electron chi connectivity index (χ1n) is 8.37. The average molecular weight is 323 g/mol. The molecule has 124 valence electrons. The molecule has 2 aromatic rings. The first-order valence-corrected chi connectivity index (χ1v) is 8.37. The van der Waals surface area contributed by atoms with Gasteiger partial charge >= 0.3 is 5.97 Å².